The van der Waals surface area contributed by atoms with Gasteiger partial charge in [0.2, 0.25) is 23.6 Å². The molecule has 1 heterocycles. The highest BCUT2D eigenvalue weighted by atomic mass is 16.2. The average molecular weight is 746 g/mol. The number of anilines is 1. The molecule has 0 aromatic heterocycles. The Morgan fingerprint density at radius 2 is 1.35 bits per heavy atom. The molecule has 0 radical (unpaired) electrons. The Labute approximate surface area is 321 Å². The van der Waals surface area contributed by atoms with Gasteiger partial charge in [0.05, 0.1) is 0 Å². The fourth-order valence-electron chi connectivity index (χ4n) is 6.91. The number of carbonyl (C=O) groups is 5. The lowest BCUT2D eigenvalue weighted by atomic mass is 9.91. The third-order valence-electron chi connectivity index (χ3n) is 9.89. The molecule has 12 heteroatoms. The van der Waals surface area contributed by atoms with Crippen molar-refractivity contribution < 1.29 is 24.0 Å². The topological polar surface area (TPSA) is 198 Å². The van der Waals surface area contributed by atoms with E-state index in [1.54, 1.807) is 12.1 Å². The van der Waals surface area contributed by atoms with Crippen LogP contribution < -0.4 is 32.7 Å². The molecule has 1 saturated heterocycles. The van der Waals surface area contributed by atoms with Gasteiger partial charge in [0, 0.05) is 41.9 Å². The predicted octanol–water partition coefficient (Wildman–Crippen LogP) is 4.77. The van der Waals surface area contributed by atoms with E-state index in [4.69, 9.17) is 11.5 Å². The fraction of sp³-hybridized carbons (Fsp3) is 0.349. The van der Waals surface area contributed by atoms with Crippen molar-refractivity contribution in [3.63, 3.8) is 0 Å². The fourth-order valence-corrected chi connectivity index (χ4v) is 6.91. The summed E-state index contributed by atoms with van der Waals surface area (Å²) in [6, 6.07) is 28.7. The van der Waals surface area contributed by atoms with Crippen LogP contribution in [0.4, 0.5) is 5.69 Å². The molecule has 55 heavy (non-hydrogen) atoms. The predicted molar refractivity (Wildman–Crippen MR) is 215 cm³/mol. The molecule has 4 atom stereocenters. The number of Topliss-reactive ketones (excluding diaryl/α,β-unsaturated/α-hetero) is 1. The number of guanidine groups is 1. The van der Waals surface area contributed by atoms with Gasteiger partial charge in [-0.3, -0.25) is 29.0 Å². The van der Waals surface area contributed by atoms with Crippen molar-refractivity contribution in [2.45, 2.75) is 82.3 Å². The van der Waals surface area contributed by atoms with Crippen LogP contribution in [0.25, 0.3) is 10.8 Å². The highest BCUT2D eigenvalue weighted by Gasteiger charge is 2.32. The Balaban J connectivity index is 1.40. The molecule has 0 saturated carbocycles. The van der Waals surface area contributed by atoms with E-state index in [0.29, 0.717) is 56.2 Å². The number of nitrogens with zero attached hydrogens (tertiary/aromatic N) is 1. The van der Waals surface area contributed by atoms with E-state index in [1.807, 2.05) is 91.0 Å². The number of nitrogens with two attached hydrogens (primary N) is 2. The first-order valence-corrected chi connectivity index (χ1v) is 19.0. The molecular formula is C43H51N7O5. The standard InChI is InChI=1S/C43H51N7O5/c44-43(45)46-27-13-25-36-41(54)48-35(40(53)47-34-24-11-20-30-16-7-9-22-33(30)34)23-10-8-19-32(21-12-26-38(51)31-17-5-2-6-18-31)39(52)50-37(42(55)49-36)28-29-14-3-1-4-15-29/h1-7,9,11,14-18,20,22,24,32,35-37H,8,10,12-13,19,21,23,25-28H2,(H,47,53)(H,48,54)(H,49,55)(H,50,52)(H4,44,45,46)/t32?,35-,36-,37+/m0/s1. The van der Waals surface area contributed by atoms with Gasteiger partial charge in [-0.25, -0.2) is 0 Å². The SMILES string of the molecule is NC(N)=NCCC[C@@H]1NC(=O)[C@@H](Cc2ccccc2)NC(=O)C(CCCC(=O)c2ccccc2)CCCC[C@@H](C(=O)Nc2cccc3ccccc23)NC1=O. The molecule has 5 rings (SSSR count). The summed E-state index contributed by atoms with van der Waals surface area (Å²) in [4.78, 5) is 72.9. The van der Waals surface area contributed by atoms with E-state index in [9.17, 15) is 24.0 Å². The van der Waals surface area contributed by atoms with Gasteiger partial charge in [-0.2, -0.15) is 0 Å². The minimum absolute atomic E-state index is 0.00454. The Hall–Kier alpha value is -6.04. The molecule has 12 nitrogen and oxygen atoms in total. The minimum atomic E-state index is -1.05. The van der Waals surface area contributed by atoms with Crippen LogP contribution in [-0.2, 0) is 25.6 Å². The second-order valence-electron chi connectivity index (χ2n) is 14.0. The number of amides is 4. The molecule has 4 aromatic rings. The number of fused-ring (bicyclic) bond motifs is 1. The van der Waals surface area contributed by atoms with E-state index in [2.05, 4.69) is 26.3 Å². The third-order valence-corrected chi connectivity index (χ3v) is 9.89. The maximum absolute atomic E-state index is 14.1. The lowest BCUT2D eigenvalue weighted by molar-refractivity contribution is -0.134. The summed E-state index contributed by atoms with van der Waals surface area (Å²) in [5, 5.41) is 13.6. The van der Waals surface area contributed by atoms with Gasteiger partial charge in [0.25, 0.3) is 0 Å². The first-order chi connectivity index (χ1) is 26.7. The molecule has 288 valence electrons. The van der Waals surface area contributed by atoms with Crippen molar-refractivity contribution in [1.29, 1.82) is 0 Å². The zero-order chi connectivity index (χ0) is 39.0. The van der Waals surface area contributed by atoms with Crippen molar-refractivity contribution in [1.82, 2.24) is 16.0 Å². The molecular weight excluding hydrogens is 695 g/mol. The summed E-state index contributed by atoms with van der Waals surface area (Å²) in [6.45, 7) is 0.228. The number of ketones is 1. The van der Waals surface area contributed by atoms with Crippen LogP contribution in [0.15, 0.2) is 108 Å². The molecule has 8 N–H and O–H groups in total. The summed E-state index contributed by atoms with van der Waals surface area (Å²) >= 11 is 0. The Bertz CT molecular complexity index is 1940. The normalized spacial score (nSPS) is 19.6. The summed E-state index contributed by atoms with van der Waals surface area (Å²) in [7, 11) is 0. The first-order valence-electron chi connectivity index (χ1n) is 19.0. The summed E-state index contributed by atoms with van der Waals surface area (Å²) in [6.07, 6.45) is 3.84. The molecule has 0 aliphatic carbocycles. The number of nitrogens with one attached hydrogen (secondary N) is 4. The van der Waals surface area contributed by atoms with Crippen molar-refractivity contribution in [3.8, 4) is 0 Å². The van der Waals surface area contributed by atoms with E-state index in [1.165, 1.54) is 0 Å². The van der Waals surface area contributed by atoms with Crippen molar-refractivity contribution in [3.05, 3.63) is 114 Å². The van der Waals surface area contributed by atoms with Gasteiger partial charge >= 0.3 is 0 Å². The Morgan fingerprint density at radius 1 is 0.691 bits per heavy atom. The largest absolute Gasteiger partial charge is 0.370 e. The summed E-state index contributed by atoms with van der Waals surface area (Å²) in [5.41, 5.74) is 13.1. The third kappa shape index (κ3) is 12.2. The van der Waals surface area contributed by atoms with Gasteiger partial charge in [0.1, 0.15) is 18.1 Å². The minimum Gasteiger partial charge on any atom is -0.370 e. The van der Waals surface area contributed by atoms with E-state index < -0.39 is 41.8 Å². The number of carbonyl (C=O) groups excluding carboxylic acids is 5. The highest BCUT2D eigenvalue weighted by molar-refractivity contribution is 6.05. The van der Waals surface area contributed by atoms with Gasteiger partial charge in [-0.1, -0.05) is 110 Å². The molecule has 4 aromatic carbocycles. The van der Waals surface area contributed by atoms with Gasteiger partial charge in [0.15, 0.2) is 11.7 Å². The van der Waals surface area contributed by atoms with E-state index in [-0.39, 0.29) is 43.5 Å². The van der Waals surface area contributed by atoms with Gasteiger partial charge in [-0.05, 0) is 55.5 Å². The Morgan fingerprint density at radius 3 is 2.11 bits per heavy atom. The highest BCUT2D eigenvalue weighted by Crippen LogP contribution is 2.24. The number of benzene rings is 4. The zero-order valence-corrected chi connectivity index (χ0v) is 31.0. The monoisotopic (exact) mass is 745 g/mol. The van der Waals surface area contributed by atoms with Crippen LogP contribution >= 0.6 is 0 Å². The zero-order valence-electron chi connectivity index (χ0n) is 31.0. The molecule has 1 aliphatic rings. The van der Waals surface area contributed by atoms with E-state index >= 15 is 0 Å². The van der Waals surface area contributed by atoms with Crippen molar-refractivity contribution in [2.24, 2.45) is 22.4 Å². The number of rotatable bonds is 13. The maximum atomic E-state index is 14.1. The first kappa shape index (κ1) is 40.2. The van der Waals surface area contributed by atoms with Gasteiger partial charge < -0.3 is 32.7 Å². The average Bonchev–Trinajstić information content (AvgIpc) is 3.19. The summed E-state index contributed by atoms with van der Waals surface area (Å²) in [5.74, 6) is -2.31. The quantitative estimate of drug-likeness (QED) is 0.0490. The van der Waals surface area contributed by atoms with Gasteiger partial charge in [-0.15, -0.1) is 0 Å². The molecule has 0 spiro atoms. The second-order valence-corrected chi connectivity index (χ2v) is 14.0. The van der Waals surface area contributed by atoms with E-state index in [0.717, 1.165) is 16.3 Å². The maximum Gasteiger partial charge on any atom is 0.246 e. The summed E-state index contributed by atoms with van der Waals surface area (Å²) < 4.78 is 0. The lowest BCUT2D eigenvalue weighted by Crippen LogP contribution is -2.57. The Kier molecular flexibility index (Phi) is 14.9. The number of aliphatic imine (C=N–C) groups is 1. The molecule has 0 bridgehead atoms. The molecule has 4 amide bonds. The molecule has 1 unspecified atom stereocenters. The lowest BCUT2D eigenvalue weighted by Gasteiger charge is -2.27. The van der Waals surface area contributed by atoms with Crippen LogP contribution in [0.2, 0.25) is 0 Å². The number of hydrogen-bond donors (Lipinski definition) is 6. The molecule has 1 fully saturated rings. The van der Waals surface area contributed by atoms with Crippen LogP contribution in [0.1, 0.15) is 73.7 Å². The van der Waals surface area contributed by atoms with Crippen LogP contribution in [0.5, 0.6) is 0 Å². The van der Waals surface area contributed by atoms with Crippen molar-refractivity contribution >= 4 is 51.8 Å². The number of hydrogen-bond acceptors (Lipinski definition) is 6. The molecule has 1 aliphatic heterocycles. The van der Waals surface area contributed by atoms with Crippen LogP contribution in [0, 0.1) is 5.92 Å². The van der Waals surface area contributed by atoms with Crippen LogP contribution in [-0.4, -0.2) is 60.0 Å². The second kappa shape index (κ2) is 20.4. The van der Waals surface area contributed by atoms with Crippen molar-refractivity contribution in [2.75, 3.05) is 11.9 Å². The van der Waals surface area contributed by atoms with Crippen LogP contribution in [0.3, 0.4) is 0 Å². The smallest absolute Gasteiger partial charge is 0.246 e.